The van der Waals surface area contributed by atoms with Crippen LogP contribution in [0.2, 0.25) is 5.15 Å². The predicted octanol–water partition coefficient (Wildman–Crippen LogP) is 3.84. The smallest absolute Gasteiger partial charge is 0.287 e. The van der Waals surface area contributed by atoms with E-state index in [0.29, 0.717) is 17.8 Å². The summed E-state index contributed by atoms with van der Waals surface area (Å²) in [5.74, 6) is 0.676. The Morgan fingerprint density at radius 2 is 1.93 bits per heavy atom. The molecule has 1 aliphatic heterocycles. The fraction of sp³-hybridized carbons (Fsp3) is 0.348. The number of fused-ring (bicyclic) bond motifs is 2. The van der Waals surface area contributed by atoms with Crippen molar-refractivity contribution in [1.29, 1.82) is 0 Å². The van der Waals surface area contributed by atoms with Crippen LogP contribution in [0.1, 0.15) is 36.6 Å². The van der Waals surface area contributed by atoms with E-state index in [9.17, 15) is 10.3 Å². The van der Waals surface area contributed by atoms with Crippen LogP contribution in [0.15, 0.2) is 48.5 Å². The van der Waals surface area contributed by atoms with Gasteiger partial charge in [-0.25, -0.2) is 0 Å². The highest BCUT2D eigenvalue weighted by atomic mass is 35.5. The molecular formula is C23H25ClN2O3. The minimum Gasteiger partial charge on any atom is -0.617 e. The molecule has 152 valence electrons. The fourth-order valence-corrected chi connectivity index (χ4v) is 4.24. The first-order valence-electron chi connectivity index (χ1n) is 9.78. The van der Waals surface area contributed by atoms with Crippen molar-refractivity contribution >= 4 is 22.5 Å². The van der Waals surface area contributed by atoms with Gasteiger partial charge in [-0.15, -0.1) is 0 Å². The first-order valence-corrected chi connectivity index (χ1v) is 10.2. The Hall–Kier alpha value is -2.34. The van der Waals surface area contributed by atoms with Crippen LogP contribution >= 0.6 is 11.6 Å². The van der Waals surface area contributed by atoms with E-state index in [1.54, 1.807) is 12.1 Å². The van der Waals surface area contributed by atoms with Crippen molar-refractivity contribution in [3.8, 4) is 5.75 Å². The minimum atomic E-state index is -0.774. The molecule has 2 heterocycles. The molecule has 6 heteroatoms. The molecule has 1 aromatic heterocycles. The van der Waals surface area contributed by atoms with Crippen molar-refractivity contribution in [1.82, 2.24) is 5.32 Å². The van der Waals surface area contributed by atoms with E-state index in [1.807, 2.05) is 45.0 Å². The van der Waals surface area contributed by atoms with Gasteiger partial charge in [0.2, 0.25) is 5.52 Å². The van der Waals surface area contributed by atoms with Crippen molar-refractivity contribution in [3.63, 3.8) is 0 Å². The summed E-state index contributed by atoms with van der Waals surface area (Å²) in [4.78, 5) is 0. The van der Waals surface area contributed by atoms with Gasteiger partial charge in [0.1, 0.15) is 17.5 Å². The van der Waals surface area contributed by atoms with E-state index in [4.69, 9.17) is 16.3 Å². The highest BCUT2D eigenvalue weighted by molar-refractivity contribution is 6.28. The van der Waals surface area contributed by atoms with Gasteiger partial charge in [-0.1, -0.05) is 30.3 Å². The average molecular weight is 413 g/mol. The van der Waals surface area contributed by atoms with Gasteiger partial charge in [-0.3, -0.25) is 0 Å². The molecule has 0 fully saturated rings. The molecule has 0 unspecified atom stereocenters. The van der Waals surface area contributed by atoms with Crippen molar-refractivity contribution < 1.29 is 14.6 Å². The zero-order valence-corrected chi connectivity index (χ0v) is 17.5. The summed E-state index contributed by atoms with van der Waals surface area (Å²) in [6.07, 6.45) is 0.0596. The molecule has 0 saturated carbocycles. The number of ether oxygens (including phenoxy) is 1. The Balaban J connectivity index is 1.72. The first kappa shape index (κ1) is 20.0. The Kier molecular flexibility index (Phi) is 5.15. The molecule has 5 nitrogen and oxygen atoms in total. The summed E-state index contributed by atoms with van der Waals surface area (Å²) in [7, 11) is 0. The normalized spacial score (nSPS) is 20.3. The summed E-state index contributed by atoms with van der Waals surface area (Å²) in [5, 5.41) is 27.9. The number of hydrogen-bond donors (Lipinski definition) is 2. The van der Waals surface area contributed by atoms with E-state index in [1.165, 1.54) is 5.56 Å². The number of aliphatic hydroxyl groups is 1. The summed E-state index contributed by atoms with van der Waals surface area (Å²) in [6, 6.07) is 15.2. The second-order valence-corrected chi connectivity index (χ2v) is 8.56. The molecule has 0 radical (unpaired) electrons. The number of halogens is 1. The number of aliphatic hydroxyl groups excluding tert-OH is 1. The van der Waals surface area contributed by atoms with Gasteiger partial charge in [-0.05, 0) is 62.5 Å². The number of aryl methyl sites for hydroxylation is 1. The Bertz CT molecular complexity index is 1050. The minimum absolute atomic E-state index is 0.126. The Morgan fingerprint density at radius 1 is 1.21 bits per heavy atom. The standard InChI is InChI=1S/C23H25ClN2O3/c1-14-11-20(24)26(28)18-12-17-19(13-16(14)18)29-23(2,3)22(27)21(17)25-10-9-15-7-5-4-6-8-15/h4-8,11-13,21-22,25,27H,9-10H2,1-3H3/t21-,22+/m0/s1. The SMILES string of the molecule is Cc1cc(Cl)[n+]([O-])c2cc3c(cc12)OC(C)(C)[C@H](O)[C@H]3NCCc1ccccc1. The number of rotatable bonds is 4. The van der Waals surface area contributed by atoms with Crippen LogP contribution in [0.3, 0.4) is 0 Å². The third kappa shape index (κ3) is 3.66. The number of aromatic nitrogens is 1. The van der Waals surface area contributed by atoms with Crippen LogP contribution < -0.4 is 14.8 Å². The molecule has 0 amide bonds. The molecule has 2 aromatic carbocycles. The zero-order valence-electron chi connectivity index (χ0n) is 16.8. The predicted molar refractivity (Wildman–Crippen MR) is 114 cm³/mol. The molecule has 0 saturated heterocycles. The fourth-order valence-electron chi connectivity index (χ4n) is 3.98. The van der Waals surface area contributed by atoms with E-state index in [2.05, 4.69) is 17.4 Å². The molecule has 1 aliphatic rings. The second kappa shape index (κ2) is 7.48. The lowest BCUT2D eigenvalue weighted by Crippen LogP contribution is -2.52. The maximum Gasteiger partial charge on any atom is 0.287 e. The van der Waals surface area contributed by atoms with E-state index < -0.39 is 11.7 Å². The second-order valence-electron chi connectivity index (χ2n) is 8.17. The van der Waals surface area contributed by atoms with Gasteiger partial charge in [0.25, 0.3) is 5.15 Å². The molecule has 0 aliphatic carbocycles. The van der Waals surface area contributed by atoms with Gasteiger partial charge in [0.05, 0.1) is 11.4 Å². The number of benzene rings is 2. The lowest BCUT2D eigenvalue weighted by Gasteiger charge is -2.42. The largest absolute Gasteiger partial charge is 0.617 e. The van der Waals surface area contributed by atoms with E-state index in [-0.39, 0.29) is 11.2 Å². The third-order valence-corrected chi connectivity index (χ3v) is 5.92. The number of nitrogens with one attached hydrogen (secondary N) is 1. The Labute approximate surface area is 175 Å². The molecule has 3 aromatic rings. The van der Waals surface area contributed by atoms with E-state index in [0.717, 1.165) is 27.7 Å². The quantitative estimate of drug-likeness (QED) is 0.388. The number of hydrogen-bond acceptors (Lipinski definition) is 4. The lowest BCUT2D eigenvalue weighted by molar-refractivity contribution is -0.574. The average Bonchev–Trinajstić information content (AvgIpc) is 2.69. The van der Waals surface area contributed by atoms with Crippen molar-refractivity contribution in [2.24, 2.45) is 0 Å². The lowest BCUT2D eigenvalue weighted by atomic mass is 9.85. The third-order valence-electron chi connectivity index (χ3n) is 5.66. The summed E-state index contributed by atoms with van der Waals surface area (Å²) in [5.41, 5.74) is 2.60. The van der Waals surface area contributed by atoms with Crippen LogP contribution in [0.4, 0.5) is 0 Å². The number of pyridine rings is 1. The summed E-state index contributed by atoms with van der Waals surface area (Å²) >= 11 is 6.09. The topological polar surface area (TPSA) is 68.4 Å². The van der Waals surface area contributed by atoms with Crippen LogP contribution in [0, 0.1) is 12.1 Å². The van der Waals surface area contributed by atoms with Gasteiger partial charge < -0.3 is 20.4 Å². The zero-order chi connectivity index (χ0) is 20.8. The molecule has 29 heavy (non-hydrogen) atoms. The van der Waals surface area contributed by atoms with E-state index >= 15 is 0 Å². The van der Waals surface area contributed by atoms with Crippen molar-refractivity contribution in [2.75, 3.05) is 6.54 Å². The number of nitrogens with zero attached hydrogens (tertiary/aromatic N) is 1. The van der Waals surface area contributed by atoms with Crippen LogP contribution in [0.25, 0.3) is 10.9 Å². The highest BCUT2D eigenvalue weighted by Crippen LogP contribution is 2.42. The molecule has 2 N–H and O–H groups in total. The van der Waals surface area contributed by atoms with Crippen LogP contribution in [-0.2, 0) is 6.42 Å². The van der Waals surface area contributed by atoms with Gasteiger partial charge >= 0.3 is 0 Å². The molecular weight excluding hydrogens is 388 g/mol. The van der Waals surface area contributed by atoms with Gasteiger partial charge in [0.15, 0.2) is 0 Å². The van der Waals surface area contributed by atoms with Crippen molar-refractivity contribution in [3.05, 3.63) is 75.6 Å². The molecule has 2 atom stereocenters. The summed E-state index contributed by atoms with van der Waals surface area (Å²) in [6.45, 7) is 6.35. The van der Waals surface area contributed by atoms with Crippen molar-refractivity contribution in [2.45, 2.75) is 44.9 Å². The first-order chi connectivity index (χ1) is 13.8. The Morgan fingerprint density at radius 3 is 2.66 bits per heavy atom. The highest BCUT2D eigenvalue weighted by Gasteiger charge is 2.43. The van der Waals surface area contributed by atoms with Gasteiger partial charge in [-0.2, -0.15) is 4.73 Å². The van der Waals surface area contributed by atoms with Crippen LogP contribution in [0.5, 0.6) is 5.75 Å². The van der Waals surface area contributed by atoms with Gasteiger partial charge in [0, 0.05) is 17.7 Å². The summed E-state index contributed by atoms with van der Waals surface area (Å²) < 4.78 is 6.84. The molecule has 0 bridgehead atoms. The molecule has 0 spiro atoms. The van der Waals surface area contributed by atoms with Crippen LogP contribution in [-0.4, -0.2) is 23.4 Å². The monoisotopic (exact) mass is 412 g/mol. The maximum absolute atomic E-state index is 12.5. The molecule has 4 rings (SSSR count). The maximum atomic E-state index is 12.5.